The van der Waals surface area contributed by atoms with Crippen LogP contribution in [0.5, 0.6) is 0 Å². The average molecular weight is 353 g/mol. The van der Waals surface area contributed by atoms with Gasteiger partial charge in [0.2, 0.25) is 11.8 Å². The molecule has 1 aromatic rings. The van der Waals surface area contributed by atoms with Crippen LogP contribution in [0, 0.1) is 0 Å². The Kier molecular flexibility index (Phi) is 5.65. The molecule has 24 heavy (non-hydrogen) atoms. The molecule has 130 valence electrons. The van der Waals surface area contributed by atoms with Crippen molar-refractivity contribution >= 4 is 29.2 Å². The number of ether oxygens (including phenoxy) is 1. The number of likely N-dealkylation sites (tertiary alicyclic amines) is 1. The van der Waals surface area contributed by atoms with Gasteiger partial charge in [-0.3, -0.25) is 14.5 Å². The van der Waals surface area contributed by atoms with Crippen molar-refractivity contribution in [2.24, 2.45) is 0 Å². The van der Waals surface area contributed by atoms with E-state index in [0.29, 0.717) is 37.1 Å². The quantitative estimate of drug-likeness (QED) is 0.875. The lowest BCUT2D eigenvalue weighted by atomic mass is 10.2. The molecular formula is C16H21ClN4O3. The van der Waals surface area contributed by atoms with E-state index < -0.39 is 0 Å². The highest BCUT2D eigenvalue weighted by Crippen LogP contribution is 2.20. The fraction of sp³-hybridized carbons (Fsp3) is 0.562. The summed E-state index contributed by atoms with van der Waals surface area (Å²) in [6.07, 6.45) is 3.20. The van der Waals surface area contributed by atoms with Crippen molar-refractivity contribution < 1.29 is 14.3 Å². The van der Waals surface area contributed by atoms with Gasteiger partial charge in [-0.05, 0) is 31.5 Å². The summed E-state index contributed by atoms with van der Waals surface area (Å²) in [7, 11) is 0. The lowest BCUT2D eigenvalue weighted by Crippen LogP contribution is -2.50. The minimum Gasteiger partial charge on any atom is -0.378 e. The van der Waals surface area contributed by atoms with Crippen LogP contribution in [0.1, 0.15) is 12.8 Å². The number of rotatable bonds is 4. The largest absolute Gasteiger partial charge is 0.378 e. The third-order valence-electron chi connectivity index (χ3n) is 4.31. The van der Waals surface area contributed by atoms with Gasteiger partial charge in [0.15, 0.2) is 0 Å². The van der Waals surface area contributed by atoms with Gasteiger partial charge in [-0.1, -0.05) is 11.6 Å². The van der Waals surface area contributed by atoms with E-state index in [-0.39, 0.29) is 24.4 Å². The first-order chi connectivity index (χ1) is 11.6. The topological polar surface area (TPSA) is 74.8 Å². The molecule has 0 aromatic carbocycles. The maximum atomic E-state index is 12.7. The molecule has 0 radical (unpaired) electrons. The summed E-state index contributed by atoms with van der Waals surface area (Å²) in [6, 6.07) is 3.11. The van der Waals surface area contributed by atoms with Crippen molar-refractivity contribution in [3.8, 4) is 0 Å². The molecule has 7 nitrogen and oxygen atoms in total. The van der Waals surface area contributed by atoms with Crippen LogP contribution in [0.3, 0.4) is 0 Å². The second-order valence-electron chi connectivity index (χ2n) is 5.98. The number of morpholine rings is 1. The highest BCUT2D eigenvalue weighted by Gasteiger charge is 2.35. The zero-order valence-corrected chi connectivity index (χ0v) is 14.2. The highest BCUT2D eigenvalue weighted by atomic mass is 35.5. The number of carbonyl (C=O) groups excluding carboxylic acids is 2. The summed E-state index contributed by atoms with van der Waals surface area (Å²) < 4.78 is 5.29. The standard InChI is InChI=1S/C16H21ClN4O3/c17-12-3-4-14(18-10-12)19-15(22)11-21-5-1-2-13(21)16(23)20-6-8-24-9-7-20/h3-4,10,13H,1-2,5-9,11H2,(H,18,19,22). The summed E-state index contributed by atoms with van der Waals surface area (Å²) in [4.78, 5) is 32.7. The molecule has 2 amide bonds. The lowest BCUT2D eigenvalue weighted by molar-refractivity contribution is -0.140. The Morgan fingerprint density at radius 1 is 1.29 bits per heavy atom. The third kappa shape index (κ3) is 4.23. The summed E-state index contributed by atoms with van der Waals surface area (Å²) >= 11 is 5.78. The Balaban J connectivity index is 1.55. The first-order valence-electron chi connectivity index (χ1n) is 8.15. The molecule has 8 heteroatoms. The molecule has 2 saturated heterocycles. The van der Waals surface area contributed by atoms with Crippen molar-refractivity contribution in [1.29, 1.82) is 0 Å². The molecule has 0 spiro atoms. The molecule has 2 aliphatic rings. The van der Waals surface area contributed by atoms with Gasteiger partial charge in [-0.2, -0.15) is 0 Å². The van der Waals surface area contributed by atoms with E-state index >= 15 is 0 Å². The second kappa shape index (κ2) is 7.92. The molecule has 2 fully saturated rings. The highest BCUT2D eigenvalue weighted by molar-refractivity contribution is 6.30. The molecule has 1 atom stereocenters. The molecule has 2 aliphatic heterocycles. The second-order valence-corrected chi connectivity index (χ2v) is 6.41. The fourth-order valence-corrected chi connectivity index (χ4v) is 3.22. The van der Waals surface area contributed by atoms with Crippen LogP contribution >= 0.6 is 11.6 Å². The van der Waals surface area contributed by atoms with Crippen LogP contribution in [0.2, 0.25) is 5.02 Å². The van der Waals surface area contributed by atoms with Gasteiger partial charge in [-0.25, -0.2) is 4.98 Å². The molecular weight excluding hydrogens is 332 g/mol. The number of nitrogens with zero attached hydrogens (tertiary/aromatic N) is 3. The van der Waals surface area contributed by atoms with Crippen molar-refractivity contribution in [2.45, 2.75) is 18.9 Å². The molecule has 1 aromatic heterocycles. The van der Waals surface area contributed by atoms with E-state index in [1.807, 2.05) is 9.80 Å². The first kappa shape index (κ1) is 17.1. The van der Waals surface area contributed by atoms with Crippen LogP contribution in [0.25, 0.3) is 0 Å². The molecule has 3 rings (SSSR count). The zero-order valence-electron chi connectivity index (χ0n) is 13.4. The summed E-state index contributed by atoms with van der Waals surface area (Å²) in [6.45, 7) is 3.36. The number of aromatic nitrogens is 1. The van der Waals surface area contributed by atoms with E-state index in [1.165, 1.54) is 6.20 Å². The van der Waals surface area contributed by atoms with E-state index in [1.54, 1.807) is 12.1 Å². The van der Waals surface area contributed by atoms with Crippen LogP contribution in [-0.4, -0.2) is 72.0 Å². The van der Waals surface area contributed by atoms with Crippen LogP contribution in [0.4, 0.5) is 5.82 Å². The SMILES string of the molecule is O=C(CN1CCCC1C(=O)N1CCOCC1)Nc1ccc(Cl)cn1. The van der Waals surface area contributed by atoms with Crippen molar-refractivity contribution in [3.05, 3.63) is 23.4 Å². The van der Waals surface area contributed by atoms with Gasteiger partial charge in [-0.15, -0.1) is 0 Å². The van der Waals surface area contributed by atoms with Gasteiger partial charge in [0.25, 0.3) is 0 Å². The van der Waals surface area contributed by atoms with Crippen molar-refractivity contribution in [2.75, 3.05) is 44.7 Å². The summed E-state index contributed by atoms with van der Waals surface area (Å²) in [5.74, 6) is 0.388. The third-order valence-corrected chi connectivity index (χ3v) is 4.54. The van der Waals surface area contributed by atoms with Crippen LogP contribution < -0.4 is 5.32 Å². The average Bonchev–Trinajstić information content (AvgIpc) is 3.05. The summed E-state index contributed by atoms with van der Waals surface area (Å²) in [5.41, 5.74) is 0. The van der Waals surface area contributed by atoms with E-state index in [9.17, 15) is 9.59 Å². The van der Waals surface area contributed by atoms with Crippen molar-refractivity contribution in [1.82, 2.24) is 14.8 Å². The number of hydrogen-bond acceptors (Lipinski definition) is 5. The number of pyridine rings is 1. The van der Waals surface area contributed by atoms with E-state index in [4.69, 9.17) is 16.3 Å². The van der Waals surface area contributed by atoms with E-state index in [2.05, 4.69) is 10.3 Å². The number of halogens is 1. The molecule has 0 bridgehead atoms. The molecule has 0 saturated carbocycles. The van der Waals surface area contributed by atoms with Gasteiger partial charge < -0.3 is 15.0 Å². The van der Waals surface area contributed by atoms with Gasteiger partial charge in [0.1, 0.15) is 5.82 Å². The molecule has 0 aliphatic carbocycles. The number of amides is 2. The smallest absolute Gasteiger partial charge is 0.240 e. The lowest BCUT2D eigenvalue weighted by Gasteiger charge is -2.32. The Bertz CT molecular complexity index is 589. The van der Waals surface area contributed by atoms with Gasteiger partial charge in [0, 0.05) is 19.3 Å². The maximum absolute atomic E-state index is 12.7. The minimum absolute atomic E-state index is 0.105. The number of anilines is 1. The Hall–Kier alpha value is -1.70. The number of hydrogen-bond donors (Lipinski definition) is 1. The zero-order chi connectivity index (χ0) is 16.9. The van der Waals surface area contributed by atoms with Gasteiger partial charge in [0.05, 0.1) is 30.8 Å². The Morgan fingerprint density at radius 2 is 2.08 bits per heavy atom. The predicted octanol–water partition coefficient (Wildman–Crippen LogP) is 0.997. The molecule has 3 heterocycles. The maximum Gasteiger partial charge on any atom is 0.240 e. The molecule has 1 unspecified atom stereocenters. The van der Waals surface area contributed by atoms with Crippen LogP contribution in [-0.2, 0) is 14.3 Å². The predicted molar refractivity (Wildman–Crippen MR) is 89.9 cm³/mol. The monoisotopic (exact) mass is 352 g/mol. The Morgan fingerprint density at radius 3 is 2.79 bits per heavy atom. The fourth-order valence-electron chi connectivity index (χ4n) is 3.11. The van der Waals surface area contributed by atoms with Gasteiger partial charge >= 0.3 is 0 Å². The first-order valence-corrected chi connectivity index (χ1v) is 8.53. The van der Waals surface area contributed by atoms with Crippen LogP contribution in [0.15, 0.2) is 18.3 Å². The Labute approximate surface area is 145 Å². The van der Waals surface area contributed by atoms with Crippen molar-refractivity contribution in [3.63, 3.8) is 0 Å². The normalized spacial score (nSPS) is 21.7. The minimum atomic E-state index is -0.216. The molecule has 1 N–H and O–H groups in total. The number of carbonyl (C=O) groups is 2. The van der Waals surface area contributed by atoms with E-state index in [0.717, 1.165) is 19.4 Å². The summed E-state index contributed by atoms with van der Waals surface area (Å²) in [5, 5.41) is 3.26. The number of nitrogens with one attached hydrogen (secondary N) is 1.